The number of aromatic nitrogens is 2. The van der Waals surface area contributed by atoms with Crippen molar-refractivity contribution in [1.82, 2.24) is 15.3 Å². The van der Waals surface area contributed by atoms with Gasteiger partial charge in [-0.25, -0.2) is 0 Å². The van der Waals surface area contributed by atoms with Gasteiger partial charge in [0.15, 0.2) is 0 Å². The molecule has 184 valence electrons. The Bertz CT molecular complexity index is 1030. The van der Waals surface area contributed by atoms with Crippen LogP contribution in [0.2, 0.25) is 0 Å². The van der Waals surface area contributed by atoms with Crippen molar-refractivity contribution in [3.05, 3.63) is 30.0 Å². The van der Waals surface area contributed by atoms with E-state index in [1.54, 1.807) is 31.2 Å². The standard InChI is InChI=1S/C24H33AsN4O5/c1-5-33-22(31)19-18(25)21(29-20(28-19)14-7-6-8-17(30)13-14)26-15-9-11-16(12-10-15)27-23(32)34-24(2,3)4/h6-8,13,15-16,30H,5,9-12,25H2,1-4H3,(H,27,32)(H,26,28,29). The first-order valence-corrected chi connectivity index (χ1v) is 12.7. The summed E-state index contributed by atoms with van der Waals surface area (Å²) in [6.45, 7) is 7.52. The number of hydrogen-bond donors (Lipinski definition) is 3. The molecule has 1 atom stereocenters. The average molecular weight is 532 g/mol. The molecule has 0 bridgehead atoms. The monoisotopic (exact) mass is 532 g/mol. The zero-order valence-corrected chi connectivity index (χ0v) is 22.5. The summed E-state index contributed by atoms with van der Waals surface area (Å²) in [5.74, 6) is 0.510. The molecule has 0 spiro atoms. The van der Waals surface area contributed by atoms with E-state index < -0.39 is 17.7 Å². The topological polar surface area (TPSA) is 123 Å². The van der Waals surface area contributed by atoms with Gasteiger partial charge in [-0.15, -0.1) is 0 Å². The van der Waals surface area contributed by atoms with Gasteiger partial charge in [-0.3, -0.25) is 0 Å². The van der Waals surface area contributed by atoms with E-state index in [1.807, 2.05) is 20.8 Å². The third kappa shape index (κ3) is 7.10. The molecule has 3 N–H and O–H groups in total. The van der Waals surface area contributed by atoms with Crippen LogP contribution in [0.1, 0.15) is 63.9 Å². The second kappa shape index (κ2) is 11.1. The number of phenolic OH excluding ortho intramolecular Hbond substituents is 1. The molecule has 1 aromatic carbocycles. The molecule has 3 rings (SSSR count). The number of ether oxygens (including phenoxy) is 2. The van der Waals surface area contributed by atoms with Crippen molar-refractivity contribution in [3.63, 3.8) is 0 Å². The Balaban J connectivity index is 1.75. The van der Waals surface area contributed by atoms with Gasteiger partial charge >= 0.3 is 209 Å². The summed E-state index contributed by atoms with van der Waals surface area (Å²) in [6, 6.07) is 6.79. The first-order valence-electron chi connectivity index (χ1n) is 11.5. The maximum atomic E-state index is 12.6. The molecular formula is C24H33AsN4O5. The van der Waals surface area contributed by atoms with Crippen LogP contribution in [-0.4, -0.2) is 68.3 Å². The van der Waals surface area contributed by atoms with Crippen LogP contribution in [0.3, 0.4) is 0 Å². The Kier molecular flexibility index (Phi) is 8.41. The van der Waals surface area contributed by atoms with E-state index in [4.69, 9.17) is 9.47 Å². The van der Waals surface area contributed by atoms with Crippen LogP contribution < -0.4 is 15.0 Å². The molecule has 0 saturated heterocycles. The van der Waals surface area contributed by atoms with Crippen molar-refractivity contribution < 1.29 is 24.2 Å². The number of nitrogens with one attached hydrogen (secondary N) is 2. The van der Waals surface area contributed by atoms with Crippen molar-refractivity contribution in [2.75, 3.05) is 11.9 Å². The molecule has 1 fully saturated rings. The average Bonchev–Trinajstić information content (AvgIpc) is 2.75. The van der Waals surface area contributed by atoms with E-state index in [0.717, 1.165) is 25.7 Å². The van der Waals surface area contributed by atoms with E-state index in [9.17, 15) is 14.7 Å². The number of alkyl carbamates (subject to hydrolysis) is 1. The molecule has 10 heteroatoms. The molecule has 2 aromatic rings. The van der Waals surface area contributed by atoms with E-state index in [2.05, 4.69) is 20.6 Å². The van der Waals surface area contributed by atoms with Gasteiger partial charge in [0.05, 0.1) is 0 Å². The fourth-order valence-corrected chi connectivity index (χ4v) is 4.45. The van der Waals surface area contributed by atoms with E-state index in [1.165, 1.54) is 16.9 Å². The summed E-state index contributed by atoms with van der Waals surface area (Å²) in [4.78, 5) is 33.8. The van der Waals surface area contributed by atoms with Crippen LogP contribution in [0, 0.1) is 0 Å². The second-order valence-corrected chi connectivity index (χ2v) is 10.5. The van der Waals surface area contributed by atoms with Crippen molar-refractivity contribution >= 4 is 39.1 Å². The summed E-state index contributed by atoms with van der Waals surface area (Å²) in [6.07, 6.45) is 2.86. The van der Waals surface area contributed by atoms with Crippen LogP contribution in [-0.2, 0) is 9.47 Å². The zero-order valence-electron chi connectivity index (χ0n) is 20.1. The molecule has 0 aliphatic heterocycles. The number of hydrogen-bond acceptors (Lipinski definition) is 8. The van der Waals surface area contributed by atoms with Gasteiger partial charge in [0.1, 0.15) is 0 Å². The molecule has 1 unspecified atom stereocenters. The molecule has 1 amide bonds. The molecule has 1 saturated carbocycles. The Morgan fingerprint density at radius 2 is 1.82 bits per heavy atom. The number of anilines is 1. The fraction of sp³-hybridized carbons (Fsp3) is 0.500. The van der Waals surface area contributed by atoms with E-state index >= 15 is 0 Å². The zero-order chi connectivity index (χ0) is 24.9. The number of phenols is 1. The first kappa shape index (κ1) is 25.8. The third-order valence-corrected chi connectivity index (χ3v) is 6.46. The summed E-state index contributed by atoms with van der Waals surface area (Å²) in [5.41, 5.74) is 0.295. The Morgan fingerprint density at radius 1 is 1.15 bits per heavy atom. The predicted molar refractivity (Wildman–Crippen MR) is 132 cm³/mol. The van der Waals surface area contributed by atoms with Crippen LogP contribution in [0.15, 0.2) is 24.3 Å². The molecule has 1 aromatic heterocycles. The van der Waals surface area contributed by atoms with Gasteiger partial charge in [0.25, 0.3) is 0 Å². The molecular weight excluding hydrogens is 499 g/mol. The molecule has 0 radical (unpaired) electrons. The van der Waals surface area contributed by atoms with Crippen molar-refractivity contribution in [1.29, 1.82) is 0 Å². The summed E-state index contributed by atoms with van der Waals surface area (Å²) in [5, 5.41) is 16.3. The van der Waals surface area contributed by atoms with Crippen LogP contribution in [0.4, 0.5) is 10.6 Å². The van der Waals surface area contributed by atoms with Crippen molar-refractivity contribution in [2.45, 2.75) is 71.1 Å². The maximum absolute atomic E-state index is 12.6. The first-order chi connectivity index (χ1) is 16.1. The summed E-state index contributed by atoms with van der Waals surface area (Å²) in [7, 11) is 0. The minimum absolute atomic E-state index is 0.0570. The van der Waals surface area contributed by atoms with Crippen molar-refractivity contribution in [2.24, 2.45) is 0 Å². The second-order valence-electron chi connectivity index (χ2n) is 9.27. The number of amides is 1. The Morgan fingerprint density at radius 3 is 2.44 bits per heavy atom. The number of aromatic hydroxyl groups is 1. The van der Waals surface area contributed by atoms with E-state index in [0.29, 0.717) is 21.6 Å². The fourth-order valence-electron chi connectivity index (χ4n) is 3.76. The summed E-state index contributed by atoms with van der Waals surface area (Å²) < 4.78 is 11.2. The number of esters is 1. The number of carbonyl (C=O) groups is 2. The number of carbonyl (C=O) groups excluding carboxylic acids is 2. The normalized spacial score (nSPS) is 18.1. The van der Waals surface area contributed by atoms with Crippen LogP contribution in [0.5, 0.6) is 5.75 Å². The predicted octanol–water partition coefficient (Wildman–Crippen LogP) is 2.53. The molecule has 9 nitrogen and oxygen atoms in total. The van der Waals surface area contributed by atoms with Gasteiger partial charge in [-0.2, -0.15) is 0 Å². The summed E-state index contributed by atoms with van der Waals surface area (Å²) >= 11 is 1.23. The number of rotatable bonds is 6. The van der Waals surface area contributed by atoms with Gasteiger partial charge in [0.2, 0.25) is 0 Å². The van der Waals surface area contributed by atoms with E-state index in [-0.39, 0.29) is 30.1 Å². The molecule has 1 heterocycles. The molecule has 1 aliphatic rings. The van der Waals surface area contributed by atoms with Crippen LogP contribution >= 0.6 is 0 Å². The van der Waals surface area contributed by atoms with Crippen LogP contribution in [0.25, 0.3) is 11.4 Å². The quantitative estimate of drug-likeness (QED) is 0.383. The Hall–Kier alpha value is -2.80. The number of benzene rings is 1. The minimum atomic E-state index is -0.529. The molecule has 1 aliphatic carbocycles. The van der Waals surface area contributed by atoms with Gasteiger partial charge in [-0.05, 0) is 0 Å². The van der Waals surface area contributed by atoms with Gasteiger partial charge < -0.3 is 0 Å². The SMILES string of the molecule is CCOC(=O)c1nc(-c2cccc(O)c2)nc(NC2CCC(NC(=O)OC(C)(C)C)CC2)c1[AsH2]. The van der Waals surface area contributed by atoms with Gasteiger partial charge in [0, 0.05) is 0 Å². The Labute approximate surface area is 208 Å². The third-order valence-electron chi connectivity index (χ3n) is 5.31. The molecule has 34 heavy (non-hydrogen) atoms. The van der Waals surface area contributed by atoms with Crippen molar-refractivity contribution in [3.8, 4) is 17.1 Å². The van der Waals surface area contributed by atoms with Gasteiger partial charge in [-0.1, -0.05) is 0 Å². The number of nitrogens with zero attached hydrogens (tertiary/aromatic N) is 2.